The first-order valence-electron chi connectivity index (χ1n) is 13.4. The maximum Gasteiger partial charge on any atom is 0.209 e. The highest BCUT2D eigenvalue weighted by Crippen LogP contribution is 2.65. The van der Waals surface area contributed by atoms with Gasteiger partial charge in [0.1, 0.15) is 11.5 Å². The fourth-order valence-corrected chi connectivity index (χ4v) is 8.18. The van der Waals surface area contributed by atoms with Gasteiger partial charge >= 0.3 is 0 Å². The van der Waals surface area contributed by atoms with Gasteiger partial charge in [-0.1, -0.05) is 25.1 Å². The number of aryl methyl sites for hydroxylation is 1. The lowest BCUT2D eigenvalue weighted by Gasteiger charge is -2.54. The molecule has 2 aromatic carbocycles. The molecule has 0 radical (unpaired) electrons. The van der Waals surface area contributed by atoms with Crippen LogP contribution in [-0.2, 0) is 16.4 Å². The van der Waals surface area contributed by atoms with E-state index in [2.05, 4.69) is 25.1 Å². The van der Waals surface area contributed by atoms with Crippen LogP contribution in [0.4, 0.5) is 0 Å². The minimum absolute atomic E-state index is 0.0163. The predicted octanol–water partition coefficient (Wildman–Crippen LogP) is 4.84. The molecule has 2 aromatic rings. The Morgan fingerprint density at radius 3 is 2.58 bits per heavy atom. The Bertz CT molecular complexity index is 1180. The number of hydrogen-bond donors (Lipinski definition) is 3. The van der Waals surface area contributed by atoms with Crippen LogP contribution in [0.25, 0.3) is 0 Å². The molecule has 2 saturated carbocycles. The second-order valence-electron chi connectivity index (χ2n) is 11.5. The van der Waals surface area contributed by atoms with Gasteiger partial charge in [-0.05, 0) is 121 Å². The summed E-state index contributed by atoms with van der Waals surface area (Å²) in [5.74, 6) is 2.94. The first kappa shape index (κ1) is 25.6. The van der Waals surface area contributed by atoms with Crippen LogP contribution in [0.1, 0.15) is 80.4 Å². The molecule has 0 aromatic heterocycles. The highest BCUT2D eigenvalue weighted by Gasteiger charge is 2.57. The fourth-order valence-electron chi connectivity index (χ4n) is 7.58. The quantitative estimate of drug-likeness (QED) is 0.438. The molecular weight excluding hydrogens is 474 g/mol. The van der Waals surface area contributed by atoms with Crippen LogP contribution >= 0.6 is 0 Å². The second-order valence-corrected chi connectivity index (χ2v) is 13.2. The lowest BCUT2D eigenvalue weighted by molar-refractivity contribution is -0.0323. The average Bonchev–Trinajstić information content (AvgIpc) is 3.14. The Labute approximate surface area is 214 Å². The summed E-state index contributed by atoms with van der Waals surface area (Å²) in [6.07, 6.45) is 6.90. The fraction of sp³-hybridized carbons (Fsp3) is 0.586. The number of sulfonamides is 1. The molecule has 0 bridgehead atoms. The predicted molar refractivity (Wildman–Crippen MR) is 141 cm³/mol. The molecule has 2 fully saturated rings. The van der Waals surface area contributed by atoms with E-state index in [9.17, 15) is 18.6 Å². The maximum atomic E-state index is 11.0. The maximum absolute atomic E-state index is 11.0. The molecule has 4 N–H and O–H groups in total. The van der Waals surface area contributed by atoms with Crippen molar-refractivity contribution in [2.24, 2.45) is 22.4 Å². The van der Waals surface area contributed by atoms with E-state index in [0.717, 1.165) is 50.7 Å². The summed E-state index contributed by atoms with van der Waals surface area (Å²) in [5.41, 5.74) is 3.86. The summed E-state index contributed by atoms with van der Waals surface area (Å²) in [6.45, 7) is 2.85. The molecule has 7 heteroatoms. The zero-order valence-corrected chi connectivity index (χ0v) is 21.9. The van der Waals surface area contributed by atoms with Crippen molar-refractivity contribution in [3.05, 3.63) is 59.2 Å². The highest BCUT2D eigenvalue weighted by molar-refractivity contribution is 7.89. The van der Waals surface area contributed by atoms with Crippen LogP contribution in [0.5, 0.6) is 11.5 Å². The first-order chi connectivity index (χ1) is 17.2. The minimum Gasteiger partial charge on any atom is -0.508 e. The molecule has 0 unspecified atom stereocenters. The first-order valence-corrected chi connectivity index (χ1v) is 15.1. The number of fused-ring (bicyclic) bond motifs is 5. The van der Waals surface area contributed by atoms with Crippen molar-refractivity contribution in [1.82, 2.24) is 0 Å². The number of phenols is 1. The van der Waals surface area contributed by atoms with Crippen LogP contribution < -0.4 is 9.88 Å². The zero-order chi connectivity index (χ0) is 25.5. The Morgan fingerprint density at radius 1 is 1.06 bits per heavy atom. The van der Waals surface area contributed by atoms with Crippen molar-refractivity contribution in [2.75, 3.05) is 12.4 Å². The molecule has 3 aliphatic carbocycles. The molecule has 196 valence electrons. The lowest BCUT2D eigenvalue weighted by Crippen LogP contribution is -2.47. The summed E-state index contributed by atoms with van der Waals surface area (Å²) in [6, 6.07) is 14.3. The van der Waals surface area contributed by atoms with E-state index in [1.807, 2.05) is 24.3 Å². The molecule has 6 atom stereocenters. The van der Waals surface area contributed by atoms with E-state index >= 15 is 0 Å². The van der Waals surface area contributed by atoms with Gasteiger partial charge in [0, 0.05) is 0 Å². The van der Waals surface area contributed by atoms with Crippen molar-refractivity contribution < 1.29 is 23.4 Å². The number of phenolic OH excluding ortho intramolecular Hbond substituents is 1. The number of benzene rings is 2. The molecule has 5 rings (SSSR count). The lowest BCUT2D eigenvalue weighted by atomic mass is 9.51. The third-order valence-corrected chi connectivity index (χ3v) is 10.2. The minimum atomic E-state index is -3.39. The van der Waals surface area contributed by atoms with Crippen molar-refractivity contribution in [1.29, 1.82) is 0 Å². The standard InChI is InChI=1S/C29H39NO5S/c1-29-18-25(19-5-9-22(10-6-19)35-15-3-2-4-16-36(30,33)34)28-23-12-8-21(31)17-20(23)7-11-24(28)26(29)13-14-27(29)32/h5-6,8-10,12,17,24-28,31-32H,2-4,7,11,13-16,18H2,1H3,(H2,30,33,34)/t24-,25+,26-,27-,28+,29-/m0/s1. The summed E-state index contributed by atoms with van der Waals surface area (Å²) in [5, 5.41) is 26.2. The molecular formula is C29H39NO5S. The normalized spacial score (nSPS) is 31.4. The smallest absolute Gasteiger partial charge is 0.209 e. The number of hydrogen-bond acceptors (Lipinski definition) is 5. The van der Waals surface area contributed by atoms with E-state index in [0.29, 0.717) is 42.4 Å². The number of ether oxygens (including phenoxy) is 1. The second kappa shape index (κ2) is 9.99. The number of aliphatic hydroxyl groups excluding tert-OH is 1. The van der Waals surface area contributed by atoms with Gasteiger partial charge in [0.15, 0.2) is 0 Å². The van der Waals surface area contributed by atoms with Crippen molar-refractivity contribution >= 4 is 10.0 Å². The zero-order valence-electron chi connectivity index (χ0n) is 21.1. The molecule has 0 amide bonds. The number of primary sulfonamides is 1. The van der Waals surface area contributed by atoms with Crippen molar-refractivity contribution in [3.63, 3.8) is 0 Å². The van der Waals surface area contributed by atoms with Gasteiger partial charge in [-0.3, -0.25) is 0 Å². The summed E-state index contributed by atoms with van der Waals surface area (Å²) in [7, 11) is -3.39. The summed E-state index contributed by atoms with van der Waals surface area (Å²) in [4.78, 5) is 0. The van der Waals surface area contributed by atoms with Gasteiger partial charge in [-0.15, -0.1) is 0 Å². The molecule has 3 aliphatic rings. The third-order valence-electron chi connectivity index (χ3n) is 9.31. The van der Waals surface area contributed by atoms with Crippen molar-refractivity contribution in [3.8, 4) is 11.5 Å². The van der Waals surface area contributed by atoms with Crippen LogP contribution in [0.3, 0.4) is 0 Å². The van der Waals surface area contributed by atoms with Gasteiger partial charge in [0.25, 0.3) is 0 Å². The number of aromatic hydroxyl groups is 1. The average molecular weight is 514 g/mol. The summed E-state index contributed by atoms with van der Waals surface area (Å²) >= 11 is 0. The number of nitrogens with two attached hydrogens (primary N) is 1. The van der Waals surface area contributed by atoms with Crippen LogP contribution in [0.15, 0.2) is 42.5 Å². The van der Waals surface area contributed by atoms with E-state index < -0.39 is 10.0 Å². The topological polar surface area (TPSA) is 110 Å². The highest BCUT2D eigenvalue weighted by atomic mass is 32.2. The van der Waals surface area contributed by atoms with Crippen molar-refractivity contribution in [2.45, 2.75) is 76.2 Å². The van der Waals surface area contributed by atoms with Gasteiger partial charge in [-0.25, -0.2) is 13.6 Å². The van der Waals surface area contributed by atoms with E-state index in [-0.39, 0.29) is 17.3 Å². The SMILES string of the molecule is C[C@]12C[C@H](c3ccc(OCCCCCS(N)(=O)=O)cc3)[C@@H]3c4ccc(O)cc4CC[C@H]3[C@@H]1CC[C@@H]2O. The molecule has 0 heterocycles. The molecule has 0 saturated heterocycles. The Hall–Kier alpha value is -2.09. The van der Waals surface area contributed by atoms with Crippen LogP contribution in [0.2, 0.25) is 0 Å². The van der Waals surface area contributed by atoms with Crippen LogP contribution in [-0.4, -0.2) is 37.1 Å². The number of aliphatic hydroxyl groups is 1. The van der Waals surface area contributed by atoms with Crippen LogP contribution in [0, 0.1) is 17.3 Å². The van der Waals surface area contributed by atoms with E-state index in [1.54, 1.807) is 0 Å². The Balaban J connectivity index is 1.33. The Kier molecular flexibility index (Phi) is 7.09. The third kappa shape index (κ3) is 5.02. The van der Waals surface area contributed by atoms with Gasteiger partial charge < -0.3 is 14.9 Å². The Morgan fingerprint density at radius 2 is 1.83 bits per heavy atom. The molecule has 0 aliphatic heterocycles. The monoisotopic (exact) mass is 513 g/mol. The molecule has 36 heavy (non-hydrogen) atoms. The molecule has 0 spiro atoms. The van der Waals surface area contributed by atoms with E-state index in [4.69, 9.17) is 9.88 Å². The van der Waals surface area contributed by atoms with E-state index in [1.165, 1.54) is 16.7 Å². The van der Waals surface area contributed by atoms with Gasteiger partial charge in [0.05, 0.1) is 18.5 Å². The largest absolute Gasteiger partial charge is 0.508 e. The number of unbranched alkanes of at least 4 members (excludes halogenated alkanes) is 2. The molecule has 6 nitrogen and oxygen atoms in total. The van der Waals surface area contributed by atoms with Gasteiger partial charge in [-0.2, -0.15) is 0 Å². The van der Waals surface area contributed by atoms with Gasteiger partial charge in [0.2, 0.25) is 10.0 Å². The number of rotatable bonds is 8. The summed E-state index contributed by atoms with van der Waals surface area (Å²) < 4.78 is 28.0.